The van der Waals surface area contributed by atoms with E-state index in [1.807, 2.05) is 47.6 Å². The molecule has 21 heavy (non-hydrogen) atoms. The van der Waals surface area contributed by atoms with Crippen molar-refractivity contribution in [3.63, 3.8) is 0 Å². The lowest BCUT2D eigenvalue weighted by Crippen LogP contribution is -2.06. The van der Waals surface area contributed by atoms with E-state index in [0.717, 1.165) is 16.6 Å². The van der Waals surface area contributed by atoms with Crippen LogP contribution in [0.25, 0.3) is 10.9 Å². The van der Waals surface area contributed by atoms with Crippen molar-refractivity contribution in [2.24, 2.45) is 0 Å². The smallest absolute Gasteiger partial charge is 0.355 e. The molecule has 118 valence electrons. The largest absolute Gasteiger partial charge is 0.461 e. The van der Waals surface area contributed by atoms with E-state index in [4.69, 9.17) is 16.3 Å². The summed E-state index contributed by atoms with van der Waals surface area (Å²) in [5.74, 6) is -0.366. The van der Waals surface area contributed by atoms with Crippen molar-refractivity contribution in [2.45, 2.75) is 48.5 Å². The van der Waals surface area contributed by atoms with Crippen LogP contribution in [-0.2, 0) is 4.74 Å². The number of aromatic nitrogens is 2. The zero-order chi connectivity index (χ0) is 16.6. The number of carbonyl (C=O) groups excluding carboxylic acids is 1. The fraction of sp³-hybridized carbons (Fsp3) is 0.500. The average molecular weight is 313 g/mol. The van der Waals surface area contributed by atoms with E-state index in [2.05, 4.69) is 9.97 Å². The lowest BCUT2D eigenvalue weighted by atomic mass is 10.1. The van der Waals surface area contributed by atoms with E-state index in [1.165, 1.54) is 0 Å². The molecule has 2 aromatic rings. The number of carbonyl (C=O) groups is 1. The summed E-state index contributed by atoms with van der Waals surface area (Å²) < 4.78 is 4.97. The van der Waals surface area contributed by atoms with E-state index in [1.54, 1.807) is 6.92 Å². The molecule has 1 N–H and O–H groups in total. The molecule has 0 amide bonds. The number of nitrogens with zero attached hydrogens (tertiary/aromatic N) is 1. The van der Waals surface area contributed by atoms with Crippen LogP contribution in [0.5, 0.6) is 0 Å². The monoisotopic (exact) mass is 312 g/mol. The number of hydrogen-bond acceptors (Lipinski definition) is 3. The zero-order valence-corrected chi connectivity index (χ0v) is 14.7. The maximum Gasteiger partial charge on any atom is 0.355 e. The molecule has 0 unspecified atom stereocenters. The second kappa shape index (κ2) is 9.40. The van der Waals surface area contributed by atoms with Crippen molar-refractivity contribution in [2.75, 3.05) is 6.61 Å². The van der Waals surface area contributed by atoms with E-state index in [9.17, 15) is 4.79 Å². The third-order valence-electron chi connectivity index (χ3n) is 2.61. The van der Waals surface area contributed by atoms with Gasteiger partial charge in [-0.25, -0.2) is 9.78 Å². The summed E-state index contributed by atoms with van der Waals surface area (Å²) >= 11 is 6.03. The normalized spacial score (nSPS) is 9.33. The minimum atomic E-state index is -0.366. The molecular weight excluding hydrogens is 288 g/mol. The first-order valence-electron chi connectivity index (χ1n) is 7.37. The van der Waals surface area contributed by atoms with Crippen molar-refractivity contribution in [3.05, 3.63) is 28.2 Å². The topological polar surface area (TPSA) is 55.0 Å². The van der Waals surface area contributed by atoms with Crippen LogP contribution in [0.3, 0.4) is 0 Å². The van der Waals surface area contributed by atoms with Gasteiger partial charge < -0.3 is 9.72 Å². The molecule has 0 radical (unpaired) electrons. The number of aryl methyl sites for hydroxylation is 2. The molecule has 0 fully saturated rings. The quantitative estimate of drug-likeness (QED) is 0.622. The van der Waals surface area contributed by atoms with Gasteiger partial charge in [0.25, 0.3) is 0 Å². The summed E-state index contributed by atoms with van der Waals surface area (Å²) in [7, 11) is 0. The highest BCUT2D eigenvalue weighted by atomic mass is 35.5. The molecule has 0 saturated heterocycles. The first-order valence-corrected chi connectivity index (χ1v) is 7.75. The first-order chi connectivity index (χ1) is 10.0. The Hall–Kier alpha value is -1.55. The molecule has 0 atom stereocenters. The second-order valence-electron chi connectivity index (χ2n) is 3.82. The standard InChI is InChI=1S/C12H13ClN2O2.2C2H6/c1-4-17-12(16)9-7(3)8-5-6(2)14-11(13)10(8)15-9;2*1-2/h5,15H,4H2,1-3H3;2*1-2H3. The summed E-state index contributed by atoms with van der Waals surface area (Å²) in [5, 5.41) is 1.28. The van der Waals surface area contributed by atoms with Gasteiger partial charge in [0.05, 0.1) is 12.1 Å². The van der Waals surface area contributed by atoms with E-state index < -0.39 is 0 Å². The van der Waals surface area contributed by atoms with Gasteiger partial charge in [0.1, 0.15) is 5.69 Å². The van der Waals surface area contributed by atoms with Crippen molar-refractivity contribution in [1.29, 1.82) is 0 Å². The lowest BCUT2D eigenvalue weighted by molar-refractivity contribution is 0.0520. The fourth-order valence-corrected chi connectivity index (χ4v) is 2.09. The Bertz CT molecular complexity index is 591. The van der Waals surface area contributed by atoms with Crippen molar-refractivity contribution in [1.82, 2.24) is 9.97 Å². The number of ether oxygens (including phenoxy) is 1. The minimum absolute atomic E-state index is 0.346. The molecule has 5 heteroatoms. The number of aromatic amines is 1. The molecule has 0 aliphatic carbocycles. The molecule has 0 aliphatic rings. The fourth-order valence-electron chi connectivity index (χ4n) is 1.81. The van der Waals surface area contributed by atoms with Gasteiger partial charge in [-0.3, -0.25) is 0 Å². The van der Waals surface area contributed by atoms with Crippen LogP contribution in [0, 0.1) is 13.8 Å². The Balaban J connectivity index is 0.000000921. The van der Waals surface area contributed by atoms with Crippen LogP contribution in [-0.4, -0.2) is 22.5 Å². The van der Waals surface area contributed by atoms with Crippen LogP contribution < -0.4 is 0 Å². The Kier molecular flexibility index (Phi) is 8.70. The molecule has 0 bridgehead atoms. The first kappa shape index (κ1) is 19.4. The molecule has 2 heterocycles. The van der Waals surface area contributed by atoms with Crippen LogP contribution in [0.2, 0.25) is 5.15 Å². The van der Waals surface area contributed by atoms with Gasteiger partial charge in [0.15, 0.2) is 5.15 Å². The molecule has 4 nitrogen and oxygen atoms in total. The van der Waals surface area contributed by atoms with Crippen molar-refractivity contribution < 1.29 is 9.53 Å². The van der Waals surface area contributed by atoms with Gasteiger partial charge in [0, 0.05) is 11.1 Å². The summed E-state index contributed by atoms with van der Waals surface area (Å²) in [5.41, 5.74) is 2.78. The van der Waals surface area contributed by atoms with Gasteiger partial charge in [-0.05, 0) is 32.4 Å². The molecule has 0 aromatic carbocycles. The SMILES string of the molecule is CC.CC.CCOC(=O)c1[nH]c2c(Cl)nc(C)cc2c1C. The van der Waals surface area contributed by atoms with Crippen molar-refractivity contribution in [3.8, 4) is 0 Å². The highest BCUT2D eigenvalue weighted by molar-refractivity contribution is 6.34. The number of H-pyrrole nitrogens is 1. The Morgan fingerprint density at radius 3 is 2.38 bits per heavy atom. The number of rotatable bonds is 2. The summed E-state index contributed by atoms with van der Waals surface area (Å²) in [6.45, 7) is 13.8. The molecule has 0 spiro atoms. The van der Waals surface area contributed by atoms with Crippen LogP contribution >= 0.6 is 11.6 Å². The molecule has 0 aliphatic heterocycles. The molecule has 2 aromatic heterocycles. The van der Waals surface area contributed by atoms with E-state index in [-0.39, 0.29) is 5.97 Å². The second-order valence-corrected chi connectivity index (χ2v) is 4.18. The molecule has 2 rings (SSSR count). The number of halogens is 1. The highest BCUT2D eigenvalue weighted by Crippen LogP contribution is 2.27. The Morgan fingerprint density at radius 2 is 1.86 bits per heavy atom. The highest BCUT2D eigenvalue weighted by Gasteiger charge is 2.17. The summed E-state index contributed by atoms with van der Waals surface area (Å²) in [6, 6.07) is 1.90. The van der Waals surface area contributed by atoms with Gasteiger partial charge in [-0.15, -0.1) is 0 Å². The summed E-state index contributed by atoms with van der Waals surface area (Å²) in [6.07, 6.45) is 0. The van der Waals surface area contributed by atoms with Gasteiger partial charge in [0.2, 0.25) is 0 Å². The van der Waals surface area contributed by atoms with Crippen LogP contribution in [0.1, 0.15) is 56.4 Å². The van der Waals surface area contributed by atoms with Gasteiger partial charge in [-0.1, -0.05) is 39.3 Å². The van der Waals surface area contributed by atoms with Gasteiger partial charge in [-0.2, -0.15) is 0 Å². The predicted octanol–water partition coefficient (Wildman–Crippen LogP) is 5.06. The average Bonchev–Trinajstić information content (AvgIpc) is 2.81. The number of fused-ring (bicyclic) bond motifs is 1. The Morgan fingerprint density at radius 1 is 1.29 bits per heavy atom. The van der Waals surface area contributed by atoms with Gasteiger partial charge >= 0.3 is 5.97 Å². The van der Waals surface area contributed by atoms with E-state index >= 15 is 0 Å². The number of nitrogens with one attached hydrogen (secondary N) is 1. The minimum Gasteiger partial charge on any atom is -0.461 e. The predicted molar refractivity (Wildman–Crippen MR) is 89.2 cm³/mol. The molecule has 0 saturated carbocycles. The maximum absolute atomic E-state index is 11.7. The van der Waals surface area contributed by atoms with Crippen LogP contribution in [0.15, 0.2) is 6.07 Å². The van der Waals surface area contributed by atoms with Crippen LogP contribution in [0.4, 0.5) is 0 Å². The Labute approximate surface area is 131 Å². The lowest BCUT2D eigenvalue weighted by Gasteiger charge is -1.99. The molecular formula is C16H25ClN2O2. The number of pyridine rings is 1. The summed E-state index contributed by atoms with van der Waals surface area (Å²) in [4.78, 5) is 18.8. The third-order valence-corrected chi connectivity index (χ3v) is 2.89. The maximum atomic E-state index is 11.7. The van der Waals surface area contributed by atoms with E-state index in [0.29, 0.717) is 23.0 Å². The zero-order valence-electron chi connectivity index (χ0n) is 13.9. The van der Waals surface area contributed by atoms with Crippen molar-refractivity contribution >= 4 is 28.5 Å². The number of hydrogen-bond donors (Lipinski definition) is 1. The number of esters is 1. The third kappa shape index (κ3) is 4.46.